The third-order valence-electron chi connectivity index (χ3n) is 6.49. The zero-order chi connectivity index (χ0) is 31.1. The van der Waals surface area contributed by atoms with Gasteiger partial charge in [-0.15, -0.1) is 0 Å². The first-order chi connectivity index (χ1) is 21.4. The molecule has 4 rings (SSSR count). The van der Waals surface area contributed by atoms with E-state index in [1.807, 2.05) is 84.9 Å². The van der Waals surface area contributed by atoms with Gasteiger partial charge in [-0.1, -0.05) is 49.6 Å². The molecular formula is C36H34O7S. The molecule has 0 heterocycles. The van der Waals surface area contributed by atoms with Gasteiger partial charge in [-0.25, -0.2) is 9.59 Å². The smallest absolute Gasteiger partial charge is 0.330 e. The Morgan fingerprint density at radius 1 is 0.591 bits per heavy atom. The Labute approximate surface area is 261 Å². The van der Waals surface area contributed by atoms with Gasteiger partial charge in [-0.05, 0) is 95.0 Å². The number of esters is 2. The fourth-order valence-electron chi connectivity index (χ4n) is 4.17. The number of hydrogen-bond donors (Lipinski definition) is 0. The Kier molecular flexibility index (Phi) is 12.2. The number of fused-ring (bicyclic) bond motifs is 1. The van der Waals surface area contributed by atoms with Crippen LogP contribution in [0.15, 0.2) is 115 Å². The number of carbonyl (C=O) groups is 3. The van der Waals surface area contributed by atoms with Crippen molar-refractivity contribution in [2.75, 3.05) is 26.4 Å². The Hall–Kier alpha value is -4.82. The zero-order valence-electron chi connectivity index (χ0n) is 24.4. The number of hydrogen-bond acceptors (Lipinski definition) is 8. The average molecular weight is 611 g/mol. The van der Waals surface area contributed by atoms with E-state index >= 15 is 0 Å². The largest absolute Gasteiger partial charge is 0.494 e. The predicted octanol–water partition coefficient (Wildman–Crippen LogP) is 7.83. The van der Waals surface area contributed by atoms with Gasteiger partial charge in [0.2, 0.25) is 5.12 Å². The summed E-state index contributed by atoms with van der Waals surface area (Å²) in [5.41, 5.74) is 2.71. The summed E-state index contributed by atoms with van der Waals surface area (Å²) in [5.74, 6) is 0.633. The van der Waals surface area contributed by atoms with E-state index in [2.05, 4.69) is 13.2 Å². The van der Waals surface area contributed by atoms with Crippen LogP contribution in [0.4, 0.5) is 0 Å². The van der Waals surface area contributed by atoms with E-state index in [-0.39, 0.29) is 11.7 Å². The maximum absolute atomic E-state index is 13.0. The lowest BCUT2D eigenvalue weighted by Crippen LogP contribution is -2.06. The van der Waals surface area contributed by atoms with E-state index in [1.165, 1.54) is 11.8 Å². The molecule has 226 valence electrons. The fraction of sp³-hybridized carbons (Fsp3) is 0.194. The van der Waals surface area contributed by atoms with E-state index < -0.39 is 11.9 Å². The van der Waals surface area contributed by atoms with Gasteiger partial charge in [0, 0.05) is 29.0 Å². The monoisotopic (exact) mass is 610 g/mol. The number of benzene rings is 4. The standard InChI is InChI=1S/C36H34O7S/c1-3-34(37)42-21-6-5-20-40-31-15-10-26(11-16-31)27-13-18-33(19-14-27)44-36(39)30-9-8-29-25-32(17-12-28(29)24-30)41-22-7-23-43-35(38)4-2/h3-4,8-19,24-25H,1-2,5-7,20-23H2. The number of rotatable bonds is 16. The van der Waals surface area contributed by atoms with Gasteiger partial charge in [0.05, 0.1) is 26.4 Å². The molecule has 7 nitrogen and oxygen atoms in total. The van der Waals surface area contributed by atoms with Crippen LogP contribution in [0.5, 0.6) is 11.5 Å². The summed E-state index contributed by atoms with van der Waals surface area (Å²) in [7, 11) is 0. The van der Waals surface area contributed by atoms with Crippen molar-refractivity contribution in [3.8, 4) is 22.6 Å². The van der Waals surface area contributed by atoms with Crippen LogP contribution in [-0.2, 0) is 19.1 Å². The highest BCUT2D eigenvalue weighted by molar-refractivity contribution is 8.14. The molecular weight excluding hydrogens is 576 g/mol. The average Bonchev–Trinajstić information content (AvgIpc) is 3.06. The molecule has 0 atom stereocenters. The number of ether oxygens (including phenoxy) is 4. The first-order valence-electron chi connectivity index (χ1n) is 14.3. The Balaban J connectivity index is 1.24. The number of carbonyl (C=O) groups excluding carboxylic acids is 3. The summed E-state index contributed by atoms with van der Waals surface area (Å²) in [4.78, 5) is 36.0. The molecule has 0 aliphatic heterocycles. The summed E-state index contributed by atoms with van der Waals surface area (Å²) >= 11 is 1.19. The van der Waals surface area contributed by atoms with Crippen LogP contribution in [-0.4, -0.2) is 43.5 Å². The molecule has 4 aromatic carbocycles. The van der Waals surface area contributed by atoms with Gasteiger partial charge in [-0.2, -0.15) is 0 Å². The highest BCUT2D eigenvalue weighted by atomic mass is 32.2. The molecule has 0 unspecified atom stereocenters. The van der Waals surface area contributed by atoms with Crippen molar-refractivity contribution in [1.82, 2.24) is 0 Å². The molecule has 0 saturated heterocycles. The summed E-state index contributed by atoms with van der Waals surface area (Å²) in [5, 5.41) is 1.88. The summed E-state index contributed by atoms with van der Waals surface area (Å²) in [6, 6.07) is 27.1. The highest BCUT2D eigenvalue weighted by Crippen LogP contribution is 2.29. The van der Waals surface area contributed by atoms with Crippen molar-refractivity contribution in [2.24, 2.45) is 0 Å². The Bertz CT molecular complexity index is 1590. The summed E-state index contributed by atoms with van der Waals surface area (Å²) < 4.78 is 21.4. The van der Waals surface area contributed by atoms with Crippen molar-refractivity contribution >= 4 is 39.6 Å². The molecule has 0 fully saturated rings. The fourth-order valence-corrected chi connectivity index (χ4v) is 4.90. The maximum atomic E-state index is 13.0. The van der Waals surface area contributed by atoms with Gasteiger partial charge in [0.15, 0.2) is 0 Å². The molecule has 0 aliphatic carbocycles. The Morgan fingerprint density at radius 3 is 1.80 bits per heavy atom. The molecule has 0 bridgehead atoms. The molecule has 4 aromatic rings. The first kappa shape index (κ1) is 32.1. The first-order valence-corrected chi connectivity index (χ1v) is 15.1. The van der Waals surface area contributed by atoms with Crippen molar-refractivity contribution < 1.29 is 33.3 Å². The number of unbranched alkanes of at least 4 members (excludes halogenated alkanes) is 1. The maximum Gasteiger partial charge on any atom is 0.330 e. The van der Waals surface area contributed by atoms with Crippen LogP contribution < -0.4 is 9.47 Å². The summed E-state index contributed by atoms with van der Waals surface area (Å²) in [6.07, 6.45) is 4.37. The molecule has 0 N–H and O–H groups in total. The van der Waals surface area contributed by atoms with Crippen molar-refractivity contribution in [3.05, 3.63) is 116 Å². The van der Waals surface area contributed by atoms with E-state index in [0.29, 0.717) is 37.6 Å². The van der Waals surface area contributed by atoms with Crippen molar-refractivity contribution in [2.45, 2.75) is 24.2 Å². The molecule has 0 aliphatic rings. The molecule has 8 heteroatoms. The van der Waals surface area contributed by atoms with Crippen LogP contribution in [0.25, 0.3) is 21.9 Å². The van der Waals surface area contributed by atoms with Crippen LogP contribution in [0.1, 0.15) is 29.6 Å². The topological polar surface area (TPSA) is 88.1 Å². The van der Waals surface area contributed by atoms with E-state index in [0.717, 1.165) is 57.5 Å². The van der Waals surface area contributed by atoms with E-state index in [1.54, 1.807) is 0 Å². The predicted molar refractivity (Wildman–Crippen MR) is 173 cm³/mol. The molecule has 0 spiro atoms. The lowest BCUT2D eigenvalue weighted by atomic mass is 10.1. The lowest BCUT2D eigenvalue weighted by Gasteiger charge is -2.09. The van der Waals surface area contributed by atoms with Crippen LogP contribution in [0.3, 0.4) is 0 Å². The minimum absolute atomic E-state index is 0.0329. The van der Waals surface area contributed by atoms with E-state index in [4.69, 9.17) is 18.9 Å². The third kappa shape index (κ3) is 9.88. The van der Waals surface area contributed by atoms with Gasteiger partial charge >= 0.3 is 11.9 Å². The van der Waals surface area contributed by atoms with Crippen LogP contribution in [0, 0.1) is 0 Å². The zero-order valence-corrected chi connectivity index (χ0v) is 25.2. The second-order valence-corrected chi connectivity index (χ2v) is 10.7. The lowest BCUT2D eigenvalue weighted by molar-refractivity contribution is -0.138. The van der Waals surface area contributed by atoms with Gasteiger partial charge < -0.3 is 18.9 Å². The second kappa shape index (κ2) is 16.7. The molecule has 0 amide bonds. The van der Waals surface area contributed by atoms with Crippen molar-refractivity contribution in [1.29, 1.82) is 0 Å². The minimum atomic E-state index is -0.444. The summed E-state index contributed by atoms with van der Waals surface area (Å²) in [6.45, 7) is 8.31. The normalized spacial score (nSPS) is 10.5. The SMILES string of the molecule is C=CC(=O)OCCCCOc1ccc(-c2ccc(SC(=O)c3ccc4cc(OCCCOC(=O)C=C)ccc4c3)cc2)cc1. The van der Waals surface area contributed by atoms with Crippen molar-refractivity contribution in [3.63, 3.8) is 0 Å². The van der Waals surface area contributed by atoms with Gasteiger partial charge in [0.25, 0.3) is 0 Å². The quantitative estimate of drug-likeness (QED) is 0.0549. The van der Waals surface area contributed by atoms with Gasteiger partial charge in [0.1, 0.15) is 11.5 Å². The molecule has 0 aromatic heterocycles. The molecule has 44 heavy (non-hydrogen) atoms. The molecule has 0 saturated carbocycles. The third-order valence-corrected chi connectivity index (χ3v) is 7.42. The Morgan fingerprint density at radius 2 is 1.11 bits per heavy atom. The van der Waals surface area contributed by atoms with Crippen LogP contribution >= 0.6 is 11.8 Å². The minimum Gasteiger partial charge on any atom is -0.494 e. The van der Waals surface area contributed by atoms with Crippen LogP contribution in [0.2, 0.25) is 0 Å². The van der Waals surface area contributed by atoms with Gasteiger partial charge in [-0.3, -0.25) is 4.79 Å². The van der Waals surface area contributed by atoms with E-state index in [9.17, 15) is 14.4 Å². The highest BCUT2D eigenvalue weighted by Gasteiger charge is 2.10. The second-order valence-electron chi connectivity index (χ2n) is 9.66. The molecule has 0 radical (unpaired) electrons. The number of thioether (sulfide) groups is 1.